The minimum atomic E-state index is -0.186. The lowest BCUT2D eigenvalue weighted by molar-refractivity contribution is -0.123. The molecule has 0 bridgehead atoms. The summed E-state index contributed by atoms with van der Waals surface area (Å²) in [5.74, 6) is 7.34. The van der Waals surface area contributed by atoms with Gasteiger partial charge in [0.1, 0.15) is 17.5 Å². The summed E-state index contributed by atoms with van der Waals surface area (Å²) in [5.41, 5.74) is 2.38. The highest BCUT2D eigenvalue weighted by Gasteiger charge is 2.21. The van der Waals surface area contributed by atoms with E-state index in [4.69, 9.17) is 5.84 Å². The summed E-state index contributed by atoms with van der Waals surface area (Å²) in [5, 5.41) is 2.65. The van der Waals surface area contributed by atoms with Crippen molar-refractivity contribution in [2.24, 2.45) is 11.8 Å². The van der Waals surface area contributed by atoms with E-state index in [2.05, 4.69) is 20.7 Å². The summed E-state index contributed by atoms with van der Waals surface area (Å²) in [6.45, 7) is 8.56. The molecule has 7 heteroatoms. The van der Waals surface area contributed by atoms with E-state index in [1.165, 1.54) is 0 Å². The number of nitrogens with one attached hydrogen (secondary N) is 2. The van der Waals surface area contributed by atoms with Crippen LogP contribution in [0.15, 0.2) is 6.07 Å². The van der Waals surface area contributed by atoms with Crippen LogP contribution in [-0.2, 0) is 10.2 Å². The third kappa shape index (κ3) is 4.56. The fourth-order valence-corrected chi connectivity index (χ4v) is 1.87. The molecule has 1 aromatic heterocycles. The van der Waals surface area contributed by atoms with Crippen molar-refractivity contribution in [1.82, 2.24) is 15.3 Å². The predicted octanol–water partition coefficient (Wildman–Crippen LogP) is 0.878. The van der Waals surface area contributed by atoms with Crippen LogP contribution in [0.2, 0.25) is 0 Å². The molecule has 0 aromatic carbocycles. The average molecular weight is 294 g/mol. The number of amides is 1. The van der Waals surface area contributed by atoms with Crippen molar-refractivity contribution in [1.29, 1.82) is 0 Å². The SMILES string of the molecule is CNC(=O)C(C)CN(C)c1cc(NN)nc(C(C)(C)C)n1. The van der Waals surface area contributed by atoms with Gasteiger partial charge in [0, 0.05) is 32.1 Å². The Kier molecular flexibility index (Phi) is 5.48. The number of nitrogen functional groups attached to an aromatic ring is 1. The number of aromatic nitrogens is 2. The molecule has 1 amide bonds. The first kappa shape index (κ1) is 17.2. The van der Waals surface area contributed by atoms with E-state index in [0.717, 1.165) is 5.82 Å². The van der Waals surface area contributed by atoms with Crippen molar-refractivity contribution in [3.05, 3.63) is 11.9 Å². The smallest absolute Gasteiger partial charge is 0.224 e. The van der Waals surface area contributed by atoms with Crippen molar-refractivity contribution in [2.45, 2.75) is 33.1 Å². The van der Waals surface area contributed by atoms with E-state index in [-0.39, 0.29) is 17.2 Å². The van der Waals surface area contributed by atoms with Gasteiger partial charge in [0.2, 0.25) is 5.91 Å². The summed E-state index contributed by atoms with van der Waals surface area (Å²) in [7, 11) is 3.53. The van der Waals surface area contributed by atoms with Crippen LogP contribution in [-0.4, -0.2) is 36.5 Å². The van der Waals surface area contributed by atoms with E-state index >= 15 is 0 Å². The fraction of sp³-hybridized carbons (Fsp3) is 0.643. The van der Waals surface area contributed by atoms with Gasteiger partial charge < -0.3 is 15.6 Å². The molecule has 21 heavy (non-hydrogen) atoms. The second-order valence-corrected chi connectivity index (χ2v) is 6.23. The molecule has 4 N–H and O–H groups in total. The van der Waals surface area contributed by atoms with E-state index in [0.29, 0.717) is 18.2 Å². The minimum Gasteiger partial charge on any atom is -0.359 e. The van der Waals surface area contributed by atoms with Crippen LogP contribution in [0.4, 0.5) is 11.6 Å². The van der Waals surface area contributed by atoms with Gasteiger partial charge in [-0.1, -0.05) is 27.7 Å². The van der Waals surface area contributed by atoms with Crippen LogP contribution in [0.3, 0.4) is 0 Å². The molecule has 7 nitrogen and oxygen atoms in total. The van der Waals surface area contributed by atoms with Gasteiger partial charge >= 0.3 is 0 Å². The van der Waals surface area contributed by atoms with Gasteiger partial charge in [-0.05, 0) is 0 Å². The standard InChI is InChI=1S/C14H26N6O/c1-9(12(21)16-5)8-20(6)11-7-10(19-15)17-13(18-11)14(2,3)4/h7,9H,8,15H2,1-6H3,(H,16,21)(H,17,18,19). The highest BCUT2D eigenvalue weighted by molar-refractivity contribution is 5.78. The second kappa shape index (κ2) is 6.71. The quantitative estimate of drug-likeness (QED) is 0.551. The highest BCUT2D eigenvalue weighted by Crippen LogP contribution is 2.23. The summed E-state index contributed by atoms with van der Waals surface area (Å²) >= 11 is 0. The Bertz CT molecular complexity index is 497. The molecule has 0 aliphatic rings. The zero-order valence-corrected chi connectivity index (χ0v) is 13.7. The van der Waals surface area contributed by atoms with Crippen molar-refractivity contribution in [3.63, 3.8) is 0 Å². The first-order chi connectivity index (χ1) is 9.68. The molecular weight excluding hydrogens is 268 g/mol. The van der Waals surface area contributed by atoms with E-state index < -0.39 is 0 Å². The average Bonchev–Trinajstić information content (AvgIpc) is 2.44. The lowest BCUT2D eigenvalue weighted by atomic mass is 9.96. The molecular formula is C14H26N6O. The van der Waals surface area contributed by atoms with Gasteiger partial charge in [0.15, 0.2) is 0 Å². The maximum absolute atomic E-state index is 11.6. The lowest BCUT2D eigenvalue weighted by Gasteiger charge is -2.24. The fourth-order valence-electron chi connectivity index (χ4n) is 1.87. The lowest BCUT2D eigenvalue weighted by Crippen LogP contribution is -2.35. The Hall–Kier alpha value is -1.89. The Balaban J connectivity index is 3.03. The van der Waals surface area contributed by atoms with Gasteiger partial charge in [-0.25, -0.2) is 15.8 Å². The monoisotopic (exact) mass is 294 g/mol. The number of anilines is 2. The largest absolute Gasteiger partial charge is 0.359 e. The van der Waals surface area contributed by atoms with Crippen LogP contribution in [0.5, 0.6) is 0 Å². The summed E-state index contributed by atoms with van der Waals surface area (Å²) < 4.78 is 0. The number of hydrogen-bond acceptors (Lipinski definition) is 6. The maximum Gasteiger partial charge on any atom is 0.224 e. The molecule has 1 atom stereocenters. The molecule has 118 valence electrons. The second-order valence-electron chi connectivity index (χ2n) is 6.23. The van der Waals surface area contributed by atoms with Crippen LogP contribution in [0.1, 0.15) is 33.5 Å². The van der Waals surface area contributed by atoms with Crippen molar-refractivity contribution >= 4 is 17.5 Å². The molecule has 1 heterocycles. The van der Waals surface area contributed by atoms with Crippen molar-refractivity contribution in [2.75, 3.05) is 31.0 Å². The van der Waals surface area contributed by atoms with Gasteiger partial charge in [0.05, 0.1) is 5.92 Å². The first-order valence-corrected chi connectivity index (χ1v) is 6.98. The van der Waals surface area contributed by atoms with Crippen LogP contribution in [0.25, 0.3) is 0 Å². The molecule has 1 aromatic rings. The van der Waals surface area contributed by atoms with Crippen LogP contribution < -0.4 is 21.5 Å². The molecule has 0 radical (unpaired) electrons. The minimum absolute atomic E-state index is 0.00382. The summed E-state index contributed by atoms with van der Waals surface area (Å²) in [6.07, 6.45) is 0. The molecule has 0 saturated heterocycles. The molecule has 0 saturated carbocycles. The maximum atomic E-state index is 11.6. The Morgan fingerprint density at radius 1 is 1.43 bits per heavy atom. The van der Waals surface area contributed by atoms with E-state index in [9.17, 15) is 4.79 Å². The Labute approximate surface area is 126 Å². The number of hydrogen-bond donors (Lipinski definition) is 3. The number of hydrazine groups is 1. The Morgan fingerprint density at radius 2 is 2.05 bits per heavy atom. The number of nitrogens with zero attached hydrogens (tertiary/aromatic N) is 3. The zero-order valence-electron chi connectivity index (χ0n) is 13.7. The van der Waals surface area contributed by atoms with E-state index in [1.807, 2.05) is 39.6 Å². The molecule has 1 unspecified atom stereocenters. The van der Waals surface area contributed by atoms with Crippen molar-refractivity contribution in [3.8, 4) is 0 Å². The summed E-state index contributed by atoms with van der Waals surface area (Å²) in [6, 6.07) is 1.77. The van der Waals surface area contributed by atoms with Gasteiger partial charge in [0.25, 0.3) is 0 Å². The molecule has 1 rings (SSSR count). The van der Waals surface area contributed by atoms with Gasteiger partial charge in [-0.3, -0.25) is 4.79 Å². The third-order valence-electron chi connectivity index (χ3n) is 3.16. The molecule has 0 fully saturated rings. The van der Waals surface area contributed by atoms with Gasteiger partial charge in [-0.15, -0.1) is 0 Å². The highest BCUT2D eigenvalue weighted by atomic mass is 16.1. The number of carbonyl (C=O) groups is 1. The number of rotatable bonds is 5. The summed E-state index contributed by atoms with van der Waals surface area (Å²) in [4.78, 5) is 22.5. The molecule has 0 spiro atoms. The third-order valence-corrected chi connectivity index (χ3v) is 3.16. The number of carbonyl (C=O) groups excluding carboxylic acids is 1. The first-order valence-electron chi connectivity index (χ1n) is 6.98. The molecule has 0 aliphatic carbocycles. The zero-order chi connectivity index (χ0) is 16.2. The van der Waals surface area contributed by atoms with Crippen LogP contribution >= 0.6 is 0 Å². The molecule has 0 aliphatic heterocycles. The van der Waals surface area contributed by atoms with Crippen LogP contribution in [0, 0.1) is 5.92 Å². The van der Waals surface area contributed by atoms with Crippen molar-refractivity contribution < 1.29 is 4.79 Å². The normalized spacial score (nSPS) is 12.7. The topological polar surface area (TPSA) is 96.2 Å². The predicted molar refractivity (Wildman–Crippen MR) is 85.0 cm³/mol. The number of nitrogens with two attached hydrogens (primary N) is 1. The van der Waals surface area contributed by atoms with Gasteiger partial charge in [-0.2, -0.15) is 0 Å². The van der Waals surface area contributed by atoms with E-state index in [1.54, 1.807) is 13.1 Å². The Morgan fingerprint density at radius 3 is 2.52 bits per heavy atom.